The fourth-order valence-corrected chi connectivity index (χ4v) is 6.77. The summed E-state index contributed by atoms with van der Waals surface area (Å²) in [5, 5.41) is 8.87. The molecular weight excluding hydrogens is 520 g/mol. The van der Waals surface area contributed by atoms with Gasteiger partial charge in [-0.15, -0.1) is 0 Å². The molecule has 0 radical (unpaired) electrons. The molecule has 0 aliphatic rings. The van der Waals surface area contributed by atoms with E-state index in [2.05, 4.69) is 109 Å². The van der Waals surface area contributed by atoms with Crippen molar-refractivity contribution in [1.29, 1.82) is 0 Å². The lowest BCUT2D eigenvalue weighted by atomic mass is 9.84. The lowest BCUT2D eigenvalue weighted by Gasteiger charge is -2.18. The standard InChI is InChI=1S/C42H26O/c1-2-12-27(13-3-1)29-15-10-16-30(26-29)39-32-18-6-8-20-34(32)40(35-21-9-7-19-33(35)39)36-22-11-23-38-41(36)37-25-24-28-14-4-5-17-31(28)42(37)43-38/h1-26H/i1D,2D,3D,12D. The molecule has 43 heavy (non-hydrogen) atoms. The fraction of sp³-hybridized carbons (Fsp3) is 0. The number of hydrogen-bond donors (Lipinski definition) is 0. The summed E-state index contributed by atoms with van der Waals surface area (Å²) in [5.41, 5.74) is 7.30. The molecule has 0 saturated heterocycles. The van der Waals surface area contributed by atoms with E-state index in [-0.39, 0.29) is 24.2 Å². The molecule has 200 valence electrons. The molecule has 0 unspecified atom stereocenters. The van der Waals surface area contributed by atoms with Gasteiger partial charge in [0.2, 0.25) is 0 Å². The number of rotatable bonds is 3. The summed E-state index contributed by atoms with van der Waals surface area (Å²) in [6, 6.07) is 45.0. The molecule has 0 aliphatic heterocycles. The first kappa shape index (κ1) is 20.3. The van der Waals surface area contributed by atoms with Gasteiger partial charge in [-0.25, -0.2) is 0 Å². The quantitative estimate of drug-likeness (QED) is 0.199. The van der Waals surface area contributed by atoms with Crippen molar-refractivity contribution in [2.24, 2.45) is 0 Å². The highest BCUT2D eigenvalue weighted by molar-refractivity contribution is 6.27. The topological polar surface area (TPSA) is 13.1 Å². The van der Waals surface area contributed by atoms with E-state index in [1.807, 2.05) is 18.2 Å². The first-order valence-electron chi connectivity index (χ1n) is 16.4. The third kappa shape index (κ3) is 3.65. The molecule has 1 heterocycles. The van der Waals surface area contributed by atoms with Crippen molar-refractivity contribution in [2.75, 3.05) is 0 Å². The molecule has 0 spiro atoms. The second-order valence-electron chi connectivity index (χ2n) is 10.9. The Morgan fingerprint density at radius 1 is 0.442 bits per heavy atom. The molecule has 1 heteroatoms. The summed E-state index contributed by atoms with van der Waals surface area (Å²) in [6.07, 6.45) is 0. The summed E-state index contributed by atoms with van der Waals surface area (Å²) in [5.74, 6) is 0. The molecular formula is C42H26O. The molecule has 0 saturated carbocycles. The Hall–Kier alpha value is -5.66. The van der Waals surface area contributed by atoms with Gasteiger partial charge in [-0.3, -0.25) is 0 Å². The third-order valence-electron chi connectivity index (χ3n) is 8.60. The predicted molar refractivity (Wildman–Crippen MR) is 183 cm³/mol. The Morgan fingerprint density at radius 2 is 1.12 bits per heavy atom. The number of fused-ring (bicyclic) bond motifs is 7. The zero-order valence-corrected chi connectivity index (χ0v) is 23.1. The summed E-state index contributed by atoms with van der Waals surface area (Å²) in [6.45, 7) is 0. The van der Waals surface area contributed by atoms with Gasteiger partial charge in [0.1, 0.15) is 11.2 Å². The minimum absolute atomic E-state index is 0.0403. The number of furan rings is 1. The van der Waals surface area contributed by atoms with Gasteiger partial charge in [0.25, 0.3) is 0 Å². The van der Waals surface area contributed by atoms with Crippen molar-refractivity contribution >= 4 is 54.3 Å². The van der Waals surface area contributed by atoms with Gasteiger partial charge < -0.3 is 4.42 Å². The highest BCUT2D eigenvalue weighted by atomic mass is 16.3. The maximum Gasteiger partial charge on any atom is 0.143 e. The average molecular weight is 551 g/mol. The van der Waals surface area contributed by atoms with E-state index >= 15 is 0 Å². The van der Waals surface area contributed by atoms with Crippen LogP contribution in [0.3, 0.4) is 0 Å². The Morgan fingerprint density at radius 3 is 1.91 bits per heavy atom. The minimum Gasteiger partial charge on any atom is -0.455 e. The molecule has 1 aromatic heterocycles. The van der Waals surface area contributed by atoms with Crippen molar-refractivity contribution in [2.45, 2.75) is 0 Å². The van der Waals surface area contributed by atoms with Crippen molar-refractivity contribution in [3.63, 3.8) is 0 Å². The van der Waals surface area contributed by atoms with E-state index in [1.165, 1.54) is 6.07 Å². The lowest BCUT2D eigenvalue weighted by Crippen LogP contribution is -1.91. The molecule has 0 aliphatic carbocycles. The maximum atomic E-state index is 8.59. The van der Waals surface area contributed by atoms with Crippen molar-refractivity contribution in [1.82, 2.24) is 0 Å². The van der Waals surface area contributed by atoms with Crippen LogP contribution in [0, 0.1) is 0 Å². The van der Waals surface area contributed by atoms with E-state index in [0.29, 0.717) is 5.56 Å². The highest BCUT2D eigenvalue weighted by Gasteiger charge is 2.20. The van der Waals surface area contributed by atoms with Gasteiger partial charge in [-0.2, -0.15) is 0 Å². The summed E-state index contributed by atoms with van der Waals surface area (Å²) in [7, 11) is 0. The SMILES string of the molecule is [2H]c1cc(-c2cccc(-c3c4ccccc4c(-c4cccc5oc6c7ccccc7ccc6c45)c4ccccc34)c2)c([2H])c([2H])c1[2H]. The van der Waals surface area contributed by atoms with Crippen LogP contribution in [-0.4, -0.2) is 0 Å². The van der Waals surface area contributed by atoms with Gasteiger partial charge in [-0.1, -0.05) is 139 Å². The fourth-order valence-electron chi connectivity index (χ4n) is 6.77. The lowest BCUT2D eigenvalue weighted by molar-refractivity contribution is 0.673. The van der Waals surface area contributed by atoms with Crippen molar-refractivity contribution in [3.8, 4) is 33.4 Å². The summed E-state index contributed by atoms with van der Waals surface area (Å²) in [4.78, 5) is 0. The molecule has 0 bridgehead atoms. The largest absolute Gasteiger partial charge is 0.455 e. The Labute approximate surface area is 254 Å². The number of benzene rings is 8. The minimum atomic E-state index is -0.230. The second kappa shape index (κ2) is 9.44. The van der Waals surface area contributed by atoms with Crippen LogP contribution >= 0.6 is 0 Å². The predicted octanol–water partition coefficient (Wildman–Crippen LogP) is 12.0. The van der Waals surface area contributed by atoms with Crippen LogP contribution in [0.15, 0.2) is 162 Å². The van der Waals surface area contributed by atoms with Crippen molar-refractivity contribution in [3.05, 3.63) is 158 Å². The summed E-state index contributed by atoms with van der Waals surface area (Å²) < 4.78 is 39.7. The highest BCUT2D eigenvalue weighted by Crippen LogP contribution is 2.47. The van der Waals surface area contributed by atoms with Crippen LogP contribution in [0.4, 0.5) is 0 Å². The Bertz CT molecular complexity index is 2680. The van der Waals surface area contributed by atoms with Gasteiger partial charge in [0.15, 0.2) is 0 Å². The van der Waals surface area contributed by atoms with Gasteiger partial charge >= 0.3 is 0 Å². The maximum absolute atomic E-state index is 8.59. The second-order valence-corrected chi connectivity index (χ2v) is 10.9. The van der Waals surface area contributed by atoms with Crippen LogP contribution in [0.2, 0.25) is 0 Å². The zero-order chi connectivity index (χ0) is 31.8. The molecule has 0 N–H and O–H groups in total. The first-order chi connectivity index (χ1) is 23.0. The van der Waals surface area contributed by atoms with E-state index in [0.717, 1.165) is 82.1 Å². The summed E-state index contributed by atoms with van der Waals surface area (Å²) >= 11 is 0. The van der Waals surface area contributed by atoms with Gasteiger partial charge in [0, 0.05) is 16.2 Å². The molecule has 9 aromatic rings. The molecule has 8 aromatic carbocycles. The molecule has 0 atom stereocenters. The monoisotopic (exact) mass is 550 g/mol. The van der Waals surface area contributed by atoms with Crippen molar-refractivity contribution < 1.29 is 9.90 Å². The smallest absolute Gasteiger partial charge is 0.143 e. The van der Waals surface area contributed by atoms with Crippen LogP contribution in [-0.2, 0) is 0 Å². The molecule has 9 rings (SSSR count). The first-order valence-corrected chi connectivity index (χ1v) is 14.4. The van der Waals surface area contributed by atoms with Gasteiger partial charge in [-0.05, 0) is 78.5 Å². The molecule has 1 nitrogen and oxygen atoms in total. The molecule has 0 fully saturated rings. The third-order valence-corrected chi connectivity index (χ3v) is 8.60. The Kier molecular flexibility index (Phi) is 4.45. The van der Waals surface area contributed by atoms with Crippen LogP contribution < -0.4 is 0 Å². The average Bonchev–Trinajstić information content (AvgIpc) is 3.51. The van der Waals surface area contributed by atoms with Crippen LogP contribution in [0.1, 0.15) is 5.48 Å². The Balaban J connectivity index is 1.36. The van der Waals surface area contributed by atoms with E-state index in [1.54, 1.807) is 0 Å². The van der Waals surface area contributed by atoms with E-state index in [9.17, 15) is 0 Å². The van der Waals surface area contributed by atoms with E-state index < -0.39 is 0 Å². The van der Waals surface area contributed by atoms with E-state index in [4.69, 9.17) is 9.90 Å². The zero-order valence-electron chi connectivity index (χ0n) is 27.1. The van der Waals surface area contributed by atoms with Crippen LogP contribution in [0.25, 0.3) is 87.6 Å². The van der Waals surface area contributed by atoms with Gasteiger partial charge in [0.05, 0.1) is 5.48 Å². The number of hydrogen-bond acceptors (Lipinski definition) is 1. The van der Waals surface area contributed by atoms with Crippen LogP contribution in [0.5, 0.6) is 0 Å². The molecule has 0 amide bonds. The normalized spacial score (nSPS) is 13.0.